The Hall–Kier alpha value is -1.78. The molecule has 0 spiro atoms. The van der Waals surface area contributed by atoms with Crippen molar-refractivity contribution >= 4 is 11.6 Å². The van der Waals surface area contributed by atoms with E-state index in [9.17, 15) is 0 Å². The molecule has 0 saturated carbocycles. The molecule has 76 valence electrons. The zero-order chi connectivity index (χ0) is 10.6. The molecule has 0 fully saturated rings. The fourth-order valence-corrected chi connectivity index (χ4v) is 0.921. The van der Waals surface area contributed by atoms with Gasteiger partial charge in [-0.05, 0) is 26.0 Å². The number of guanidine groups is 1. The number of nitrogens with two attached hydrogens (primary N) is 2. The molecule has 0 aromatic carbocycles. The van der Waals surface area contributed by atoms with E-state index in [0.29, 0.717) is 11.6 Å². The number of rotatable bonds is 3. The molecule has 1 rings (SSSR count). The second-order valence-electron chi connectivity index (χ2n) is 3.03. The van der Waals surface area contributed by atoms with Crippen molar-refractivity contribution in [2.24, 2.45) is 16.5 Å². The average Bonchev–Trinajstić information content (AvgIpc) is 2.06. The van der Waals surface area contributed by atoms with Crippen molar-refractivity contribution in [3.8, 4) is 5.88 Å². The molecule has 1 aromatic heterocycles. The van der Waals surface area contributed by atoms with Crippen molar-refractivity contribution in [3.63, 3.8) is 0 Å². The lowest BCUT2D eigenvalue weighted by atomic mass is 10.4. The van der Waals surface area contributed by atoms with Gasteiger partial charge < -0.3 is 16.2 Å². The van der Waals surface area contributed by atoms with Crippen molar-refractivity contribution in [2.45, 2.75) is 20.0 Å². The molecule has 0 aliphatic heterocycles. The van der Waals surface area contributed by atoms with Gasteiger partial charge in [0.2, 0.25) is 5.88 Å². The van der Waals surface area contributed by atoms with E-state index in [1.807, 2.05) is 13.8 Å². The SMILES string of the molecule is CC(C)Oc1ncccc1N=C(N)N. The van der Waals surface area contributed by atoms with E-state index in [4.69, 9.17) is 16.2 Å². The van der Waals surface area contributed by atoms with Crippen LogP contribution < -0.4 is 16.2 Å². The van der Waals surface area contributed by atoms with Crippen LogP contribution in [0.15, 0.2) is 23.3 Å². The molecule has 1 heterocycles. The van der Waals surface area contributed by atoms with Gasteiger partial charge in [0, 0.05) is 6.20 Å². The van der Waals surface area contributed by atoms with E-state index in [1.165, 1.54) is 0 Å². The molecule has 14 heavy (non-hydrogen) atoms. The van der Waals surface area contributed by atoms with Gasteiger partial charge in [0.1, 0.15) is 5.69 Å². The van der Waals surface area contributed by atoms with Gasteiger partial charge in [0.25, 0.3) is 0 Å². The van der Waals surface area contributed by atoms with Gasteiger partial charge in [-0.1, -0.05) is 0 Å². The Morgan fingerprint density at radius 3 is 2.79 bits per heavy atom. The largest absolute Gasteiger partial charge is 0.473 e. The Kier molecular flexibility index (Phi) is 3.28. The smallest absolute Gasteiger partial charge is 0.240 e. The molecule has 0 aliphatic rings. The Labute approximate surface area is 82.8 Å². The standard InChI is InChI=1S/C9H14N4O/c1-6(2)14-8-7(13-9(10)11)4-3-5-12-8/h3-6H,1-2H3,(H4,10,11,13). The molecule has 0 amide bonds. The second kappa shape index (κ2) is 4.45. The van der Waals surface area contributed by atoms with E-state index in [1.54, 1.807) is 18.3 Å². The van der Waals surface area contributed by atoms with Crippen molar-refractivity contribution in [2.75, 3.05) is 0 Å². The van der Waals surface area contributed by atoms with Crippen molar-refractivity contribution in [1.82, 2.24) is 4.98 Å². The molecule has 0 radical (unpaired) electrons. The van der Waals surface area contributed by atoms with Crippen LogP contribution in [0.5, 0.6) is 5.88 Å². The van der Waals surface area contributed by atoms with Crippen molar-refractivity contribution < 1.29 is 4.74 Å². The number of aliphatic imine (C=N–C) groups is 1. The second-order valence-corrected chi connectivity index (χ2v) is 3.03. The number of nitrogens with zero attached hydrogens (tertiary/aromatic N) is 2. The quantitative estimate of drug-likeness (QED) is 0.549. The molecule has 0 bridgehead atoms. The van der Waals surface area contributed by atoms with Gasteiger partial charge in [-0.25, -0.2) is 9.98 Å². The number of aromatic nitrogens is 1. The van der Waals surface area contributed by atoms with Gasteiger partial charge in [-0.15, -0.1) is 0 Å². The van der Waals surface area contributed by atoms with Gasteiger partial charge in [0.05, 0.1) is 6.10 Å². The molecule has 0 aliphatic carbocycles. The summed E-state index contributed by atoms with van der Waals surface area (Å²) in [7, 11) is 0. The van der Waals surface area contributed by atoms with E-state index in [-0.39, 0.29) is 12.1 Å². The topological polar surface area (TPSA) is 86.5 Å². The highest BCUT2D eigenvalue weighted by Gasteiger charge is 2.05. The summed E-state index contributed by atoms with van der Waals surface area (Å²) in [5.74, 6) is 0.433. The van der Waals surface area contributed by atoms with Crippen LogP contribution >= 0.6 is 0 Å². The zero-order valence-electron chi connectivity index (χ0n) is 8.27. The summed E-state index contributed by atoms with van der Waals surface area (Å²) >= 11 is 0. The molecule has 1 aromatic rings. The molecule has 0 saturated heterocycles. The van der Waals surface area contributed by atoms with E-state index in [0.717, 1.165) is 0 Å². The minimum atomic E-state index is -0.00777. The molecular formula is C9H14N4O. The Morgan fingerprint density at radius 1 is 1.50 bits per heavy atom. The Bertz CT molecular complexity index is 331. The van der Waals surface area contributed by atoms with Crippen LogP contribution in [0, 0.1) is 0 Å². The van der Waals surface area contributed by atoms with Gasteiger partial charge in [-0.2, -0.15) is 0 Å². The van der Waals surface area contributed by atoms with Gasteiger partial charge >= 0.3 is 0 Å². The van der Waals surface area contributed by atoms with E-state index in [2.05, 4.69) is 9.98 Å². The highest BCUT2D eigenvalue weighted by molar-refractivity contribution is 5.79. The molecule has 0 unspecified atom stereocenters. The molecule has 4 N–H and O–H groups in total. The number of hydrogen-bond acceptors (Lipinski definition) is 3. The van der Waals surface area contributed by atoms with Crippen molar-refractivity contribution in [3.05, 3.63) is 18.3 Å². The van der Waals surface area contributed by atoms with Crippen LogP contribution in [0.4, 0.5) is 5.69 Å². The van der Waals surface area contributed by atoms with Gasteiger partial charge in [-0.3, -0.25) is 0 Å². The first-order valence-electron chi connectivity index (χ1n) is 4.31. The van der Waals surface area contributed by atoms with E-state index >= 15 is 0 Å². The zero-order valence-corrected chi connectivity index (χ0v) is 8.27. The third kappa shape index (κ3) is 2.93. The number of hydrogen-bond donors (Lipinski definition) is 2. The summed E-state index contributed by atoms with van der Waals surface area (Å²) in [6.07, 6.45) is 1.67. The summed E-state index contributed by atoms with van der Waals surface area (Å²) in [6.45, 7) is 3.82. The maximum absolute atomic E-state index is 5.42. The summed E-state index contributed by atoms with van der Waals surface area (Å²) in [5, 5.41) is 0. The van der Waals surface area contributed by atoms with Crippen molar-refractivity contribution in [1.29, 1.82) is 0 Å². The van der Waals surface area contributed by atoms with Crippen LogP contribution in [-0.2, 0) is 0 Å². The average molecular weight is 194 g/mol. The van der Waals surface area contributed by atoms with Crippen LogP contribution in [0.25, 0.3) is 0 Å². The summed E-state index contributed by atoms with van der Waals surface area (Å²) in [4.78, 5) is 7.93. The lowest BCUT2D eigenvalue weighted by molar-refractivity contribution is 0.234. The van der Waals surface area contributed by atoms with Crippen LogP contribution in [0.1, 0.15) is 13.8 Å². The maximum Gasteiger partial charge on any atom is 0.240 e. The molecule has 0 atom stereocenters. The highest BCUT2D eigenvalue weighted by atomic mass is 16.5. The molecular weight excluding hydrogens is 180 g/mol. The predicted molar refractivity (Wildman–Crippen MR) is 55.5 cm³/mol. The normalized spacial score (nSPS) is 9.93. The fourth-order valence-electron chi connectivity index (χ4n) is 0.921. The predicted octanol–water partition coefficient (Wildman–Crippen LogP) is 0.774. The third-order valence-corrected chi connectivity index (χ3v) is 1.35. The molecule has 5 nitrogen and oxygen atoms in total. The van der Waals surface area contributed by atoms with Crippen LogP contribution in [-0.4, -0.2) is 17.0 Å². The lowest BCUT2D eigenvalue weighted by Gasteiger charge is -2.09. The highest BCUT2D eigenvalue weighted by Crippen LogP contribution is 2.24. The minimum Gasteiger partial charge on any atom is -0.473 e. The van der Waals surface area contributed by atoms with Crippen LogP contribution in [0.2, 0.25) is 0 Å². The number of pyridine rings is 1. The number of ether oxygens (including phenoxy) is 1. The Balaban J connectivity index is 2.97. The van der Waals surface area contributed by atoms with Crippen LogP contribution in [0.3, 0.4) is 0 Å². The first-order chi connectivity index (χ1) is 6.59. The summed E-state index contributed by atoms with van der Waals surface area (Å²) in [5.41, 5.74) is 11.1. The minimum absolute atomic E-state index is 0.00777. The third-order valence-electron chi connectivity index (χ3n) is 1.35. The van der Waals surface area contributed by atoms with E-state index < -0.39 is 0 Å². The lowest BCUT2D eigenvalue weighted by Crippen LogP contribution is -2.22. The summed E-state index contributed by atoms with van der Waals surface area (Å²) < 4.78 is 5.42. The summed E-state index contributed by atoms with van der Waals surface area (Å²) in [6, 6.07) is 3.49. The first kappa shape index (κ1) is 10.3. The Morgan fingerprint density at radius 2 is 2.21 bits per heavy atom. The fraction of sp³-hybridized carbons (Fsp3) is 0.333. The first-order valence-corrected chi connectivity index (χ1v) is 4.31. The maximum atomic E-state index is 5.42. The molecule has 5 heteroatoms. The monoisotopic (exact) mass is 194 g/mol. The van der Waals surface area contributed by atoms with Gasteiger partial charge in [0.15, 0.2) is 5.96 Å².